The first-order chi connectivity index (χ1) is 14.0. The van der Waals surface area contributed by atoms with Crippen LogP contribution in [0.25, 0.3) is 0 Å². The number of unbranched alkanes of at least 4 members (excludes halogenated alkanes) is 3. The minimum atomic E-state index is -0.203. The van der Waals surface area contributed by atoms with Crippen molar-refractivity contribution in [2.75, 3.05) is 20.8 Å². The summed E-state index contributed by atoms with van der Waals surface area (Å²) in [6.45, 7) is 3.12. The third-order valence-corrected chi connectivity index (χ3v) is 5.41. The first-order valence-electron chi connectivity index (χ1n) is 9.61. The van der Waals surface area contributed by atoms with Crippen molar-refractivity contribution < 1.29 is 19.0 Å². The summed E-state index contributed by atoms with van der Waals surface area (Å²) < 4.78 is 17.1. The van der Waals surface area contributed by atoms with E-state index in [0.29, 0.717) is 28.7 Å². The van der Waals surface area contributed by atoms with Crippen LogP contribution in [0.3, 0.4) is 0 Å². The van der Waals surface area contributed by atoms with E-state index in [9.17, 15) is 4.79 Å². The van der Waals surface area contributed by atoms with Crippen LogP contribution >= 0.6 is 27.5 Å². The molecule has 0 bridgehead atoms. The number of benzene rings is 2. The fraction of sp³-hybridized carbons (Fsp3) is 0.409. The highest BCUT2D eigenvalue weighted by atomic mass is 79.9. The molecule has 0 aliphatic carbocycles. The number of nitrogens with one attached hydrogen (secondary N) is 1. The summed E-state index contributed by atoms with van der Waals surface area (Å²) in [7, 11) is 3.10. The quantitative estimate of drug-likeness (QED) is 0.397. The van der Waals surface area contributed by atoms with Gasteiger partial charge in [-0.15, -0.1) is 0 Å². The summed E-state index contributed by atoms with van der Waals surface area (Å²) in [5.74, 6) is 1.64. The molecule has 1 N–H and O–H groups in total. The van der Waals surface area contributed by atoms with E-state index in [1.807, 2.05) is 6.07 Å². The molecule has 2 rings (SSSR count). The number of hydrogen-bond donors (Lipinski definition) is 1. The van der Waals surface area contributed by atoms with E-state index in [2.05, 4.69) is 28.2 Å². The molecule has 0 saturated heterocycles. The Kier molecular flexibility index (Phi) is 9.61. The summed E-state index contributed by atoms with van der Waals surface area (Å²) >= 11 is 9.77. The van der Waals surface area contributed by atoms with Crippen molar-refractivity contribution in [1.29, 1.82) is 0 Å². The lowest BCUT2D eigenvalue weighted by atomic mass is 10.1. The summed E-state index contributed by atoms with van der Waals surface area (Å²) in [6, 6.07) is 8.74. The average Bonchev–Trinajstić information content (AvgIpc) is 2.73. The predicted molar refractivity (Wildman–Crippen MR) is 120 cm³/mol. The topological polar surface area (TPSA) is 56.8 Å². The molecule has 0 fully saturated rings. The highest BCUT2D eigenvalue weighted by Crippen LogP contribution is 2.33. The van der Waals surface area contributed by atoms with Gasteiger partial charge < -0.3 is 19.5 Å². The lowest BCUT2D eigenvalue weighted by Gasteiger charge is -2.13. The molecule has 7 heteroatoms. The van der Waals surface area contributed by atoms with E-state index >= 15 is 0 Å². The van der Waals surface area contributed by atoms with Gasteiger partial charge in [0.2, 0.25) is 0 Å². The Morgan fingerprint density at radius 3 is 2.41 bits per heavy atom. The van der Waals surface area contributed by atoms with Gasteiger partial charge in [0.05, 0.1) is 25.3 Å². The second-order valence-electron chi connectivity index (χ2n) is 6.54. The summed E-state index contributed by atoms with van der Waals surface area (Å²) in [4.78, 5) is 12.5. The Bertz CT molecular complexity index is 829. The SMILES string of the molecule is CCCCCCOc1ccc(C(=O)NCc2cc(OC)c(OC)cc2Cl)cc1Br. The fourth-order valence-electron chi connectivity index (χ4n) is 2.78. The molecule has 0 aromatic heterocycles. The highest BCUT2D eigenvalue weighted by Gasteiger charge is 2.13. The average molecular weight is 485 g/mol. The van der Waals surface area contributed by atoms with Crippen molar-refractivity contribution in [2.24, 2.45) is 0 Å². The molecule has 1 amide bonds. The zero-order chi connectivity index (χ0) is 21.2. The molecule has 0 heterocycles. The molecule has 0 aliphatic heterocycles. The summed E-state index contributed by atoms with van der Waals surface area (Å²) in [6.07, 6.45) is 4.59. The Morgan fingerprint density at radius 2 is 1.76 bits per heavy atom. The molecule has 0 atom stereocenters. The minimum absolute atomic E-state index is 0.203. The Morgan fingerprint density at radius 1 is 1.03 bits per heavy atom. The van der Waals surface area contributed by atoms with E-state index in [4.69, 9.17) is 25.8 Å². The Hall–Kier alpha value is -1.92. The molecule has 0 aliphatic rings. The second-order valence-corrected chi connectivity index (χ2v) is 7.80. The summed E-state index contributed by atoms with van der Waals surface area (Å²) in [5.41, 5.74) is 1.27. The molecular weight excluding hydrogens is 458 g/mol. The minimum Gasteiger partial charge on any atom is -0.493 e. The highest BCUT2D eigenvalue weighted by molar-refractivity contribution is 9.10. The second kappa shape index (κ2) is 11.9. The van der Waals surface area contributed by atoms with Gasteiger partial charge in [0.1, 0.15) is 5.75 Å². The van der Waals surface area contributed by atoms with Gasteiger partial charge in [-0.1, -0.05) is 37.8 Å². The van der Waals surface area contributed by atoms with Crippen molar-refractivity contribution >= 4 is 33.4 Å². The first-order valence-corrected chi connectivity index (χ1v) is 10.8. The van der Waals surface area contributed by atoms with Crippen molar-refractivity contribution in [2.45, 2.75) is 39.2 Å². The lowest BCUT2D eigenvalue weighted by Crippen LogP contribution is -2.23. The normalized spacial score (nSPS) is 10.5. The van der Waals surface area contributed by atoms with Crippen molar-refractivity contribution in [3.63, 3.8) is 0 Å². The van der Waals surface area contributed by atoms with Gasteiger partial charge >= 0.3 is 0 Å². The van der Waals surface area contributed by atoms with Crippen LogP contribution < -0.4 is 19.5 Å². The van der Waals surface area contributed by atoms with Crippen LogP contribution in [0.1, 0.15) is 48.5 Å². The van der Waals surface area contributed by atoms with Gasteiger partial charge in [-0.2, -0.15) is 0 Å². The number of methoxy groups -OCH3 is 2. The van der Waals surface area contributed by atoms with Gasteiger partial charge in [-0.3, -0.25) is 4.79 Å². The zero-order valence-corrected chi connectivity index (χ0v) is 19.4. The smallest absolute Gasteiger partial charge is 0.251 e. The fourth-order valence-corrected chi connectivity index (χ4v) is 3.49. The van der Waals surface area contributed by atoms with E-state index in [1.54, 1.807) is 38.5 Å². The number of amides is 1. The largest absolute Gasteiger partial charge is 0.493 e. The van der Waals surface area contributed by atoms with Crippen LogP contribution in [-0.4, -0.2) is 26.7 Å². The molecule has 0 unspecified atom stereocenters. The van der Waals surface area contributed by atoms with Crippen molar-refractivity contribution in [3.05, 3.63) is 51.0 Å². The number of ether oxygens (including phenoxy) is 3. The van der Waals surface area contributed by atoms with Crippen LogP contribution in [0.15, 0.2) is 34.8 Å². The molecule has 0 spiro atoms. The Labute approximate surface area is 185 Å². The molecule has 2 aromatic rings. The summed E-state index contributed by atoms with van der Waals surface area (Å²) in [5, 5.41) is 3.37. The van der Waals surface area contributed by atoms with E-state index in [1.165, 1.54) is 12.8 Å². The van der Waals surface area contributed by atoms with Crippen LogP contribution in [0.5, 0.6) is 17.2 Å². The van der Waals surface area contributed by atoms with Gasteiger partial charge in [-0.05, 0) is 52.2 Å². The van der Waals surface area contributed by atoms with Crippen LogP contribution in [0, 0.1) is 0 Å². The number of carbonyl (C=O) groups is 1. The molecule has 0 saturated carbocycles. The van der Waals surface area contributed by atoms with Crippen LogP contribution in [0.2, 0.25) is 5.02 Å². The molecule has 29 heavy (non-hydrogen) atoms. The number of carbonyl (C=O) groups excluding carboxylic acids is 1. The molecule has 2 aromatic carbocycles. The standard InChI is InChI=1S/C22H27BrClNO4/c1-4-5-6-7-10-29-19-9-8-15(11-17(19)23)22(26)25-14-16-12-20(27-2)21(28-3)13-18(16)24/h8-9,11-13H,4-7,10,14H2,1-3H3,(H,25,26). The first kappa shape index (κ1) is 23.4. The van der Waals surface area contributed by atoms with Crippen LogP contribution in [0.4, 0.5) is 0 Å². The lowest BCUT2D eigenvalue weighted by molar-refractivity contribution is 0.0951. The van der Waals surface area contributed by atoms with Crippen LogP contribution in [-0.2, 0) is 6.54 Å². The zero-order valence-electron chi connectivity index (χ0n) is 17.0. The maximum Gasteiger partial charge on any atom is 0.251 e. The maximum atomic E-state index is 12.5. The number of halogens is 2. The predicted octanol–water partition coefficient (Wildman–Crippen LogP) is 6.01. The third-order valence-electron chi connectivity index (χ3n) is 4.44. The Balaban J connectivity index is 1.96. The van der Waals surface area contributed by atoms with Crippen molar-refractivity contribution in [1.82, 2.24) is 5.32 Å². The number of rotatable bonds is 11. The molecule has 0 radical (unpaired) electrons. The third kappa shape index (κ3) is 6.82. The van der Waals surface area contributed by atoms with Gasteiger partial charge in [-0.25, -0.2) is 0 Å². The maximum absolute atomic E-state index is 12.5. The van der Waals surface area contributed by atoms with Gasteiger partial charge in [0, 0.05) is 23.2 Å². The molecule has 158 valence electrons. The van der Waals surface area contributed by atoms with Crippen molar-refractivity contribution in [3.8, 4) is 17.2 Å². The monoisotopic (exact) mass is 483 g/mol. The van der Waals surface area contributed by atoms with E-state index in [0.717, 1.165) is 28.6 Å². The number of hydrogen-bond acceptors (Lipinski definition) is 4. The van der Waals surface area contributed by atoms with E-state index < -0.39 is 0 Å². The van der Waals surface area contributed by atoms with Gasteiger partial charge in [0.15, 0.2) is 11.5 Å². The molecule has 5 nitrogen and oxygen atoms in total. The van der Waals surface area contributed by atoms with Gasteiger partial charge in [0.25, 0.3) is 5.91 Å². The van der Waals surface area contributed by atoms with E-state index in [-0.39, 0.29) is 12.5 Å². The molecular formula is C22H27BrClNO4.